The van der Waals surface area contributed by atoms with Gasteiger partial charge in [-0.3, -0.25) is 4.99 Å². The predicted molar refractivity (Wildman–Crippen MR) is 90.5 cm³/mol. The van der Waals surface area contributed by atoms with Crippen molar-refractivity contribution in [2.45, 2.75) is 52.6 Å². The molecule has 1 aliphatic heterocycles. The largest absolute Gasteiger partial charge is 0.362 e. The average Bonchev–Trinajstić information content (AvgIpc) is 2.46. The Morgan fingerprint density at radius 3 is 2.50 bits per heavy atom. The molecule has 20 heavy (non-hydrogen) atoms. The molecule has 0 radical (unpaired) electrons. The molecule has 1 fully saturated rings. The van der Waals surface area contributed by atoms with Gasteiger partial charge >= 0.3 is 0 Å². The fraction of sp³-hybridized carbons (Fsp3) is 0.588. The minimum absolute atomic E-state index is 0.582. The van der Waals surface area contributed by atoms with Gasteiger partial charge in [-0.15, -0.1) is 0 Å². The first-order chi connectivity index (χ1) is 9.56. The third-order valence-corrected chi connectivity index (χ3v) is 4.79. The van der Waals surface area contributed by atoms with Gasteiger partial charge in [0.1, 0.15) is 0 Å². The molecule has 0 amide bonds. The van der Waals surface area contributed by atoms with Crippen LogP contribution in [0.4, 0.5) is 0 Å². The van der Waals surface area contributed by atoms with E-state index in [-0.39, 0.29) is 0 Å². The smallest absolute Gasteiger partial charge is 0.157 e. The maximum atomic E-state index is 4.73. The molecule has 0 aromatic heterocycles. The molecule has 110 valence electrons. The summed E-state index contributed by atoms with van der Waals surface area (Å²) in [6.45, 7) is 9.78. The molecule has 0 bridgehead atoms. The van der Waals surface area contributed by atoms with Gasteiger partial charge in [-0.2, -0.15) is 0 Å². The second kappa shape index (κ2) is 7.16. The first-order valence-corrected chi connectivity index (χ1v) is 8.57. The van der Waals surface area contributed by atoms with Crippen molar-refractivity contribution in [1.82, 2.24) is 5.32 Å². The number of thioether (sulfide) groups is 1. The Hall–Kier alpha value is -0.960. The second-order valence-electron chi connectivity index (χ2n) is 6.15. The molecule has 0 saturated carbocycles. The molecule has 0 spiro atoms. The Morgan fingerprint density at radius 2 is 1.90 bits per heavy atom. The van der Waals surface area contributed by atoms with Gasteiger partial charge in [0.25, 0.3) is 0 Å². The van der Waals surface area contributed by atoms with Gasteiger partial charge in [0.05, 0.1) is 6.54 Å². The van der Waals surface area contributed by atoms with Crippen LogP contribution in [0.5, 0.6) is 0 Å². The summed E-state index contributed by atoms with van der Waals surface area (Å²) in [4.78, 5) is 4.73. The second-order valence-corrected chi connectivity index (χ2v) is 7.23. The molecule has 2 rings (SSSR count). The maximum Gasteiger partial charge on any atom is 0.157 e. The summed E-state index contributed by atoms with van der Waals surface area (Å²) in [6, 6.07) is 9.43. The van der Waals surface area contributed by atoms with E-state index in [4.69, 9.17) is 4.99 Å². The van der Waals surface area contributed by atoms with Crippen LogP contribution in [0.15, 0.2) is 29.3 Å². The summed E-state index contributed by atoms with van der Waals surface area (Å²) in [7, 11) is 0. The van der Waals surface area contributed by atoms with Gasteiger partial charge < -0.3 is 5.32 Å². The van der Waals surface area contributed by atoms with E-state index in [0.29, 0.717) is 17.9 Å². The summed E-state index contributed by atoms with van der Waals surface area (Å²) in [5, 5.41) is 4.68. The van der Waals surface area contributed by atoms with E-state index in [1.807, 2.05) is 11.8 Å². The highest BCUT2D eigenvalue weighted by molar-refractivity contribution is 8.13. The van der Waals surface area contributed by atoms with Crippen molar-refractivity contribution in [3.8, 4) is 0 Å². The molecule has 1 saturated heterocycles. The normalized spacial score (nSPS) is 21.5. The van der Waals surface area contributed by atoms with Crippen LogP contribution in [0, 0.1) is 5.92 Å². The highest BCUT2D eigenvalue weighted by Crippen LogP contribution is 2.20. The molecule has 2 nitrogen and oxygen atoms in total. The van der Waals surface area contributed by atoms with E-state index < -0.39 is 0 Å². The summed E-state index contributed by atoms with van der Waals surface area (Å²) >= 11 is 1.85. The standard InChI is InChI=1S/C17H26N2S/c1-12(2)15-7-5-14(6-8-15)11-18-17-19-16(13(3)4)9-10-20-17/h5-8,12-13,16H,9-11H2,1-4H3,(H,18,19). The summed E-state index contributed by atoms with van der Waals surface area (Å²) in [5.74, 6) is 2.45. The molecule has 1 unspecified atom stereocenters. The monoisotopic (exact) mass is 290 g/mol. The molecular weight excluding hydrogens is 264 g/mol. The number of benzene rings is 1. The minimum atomic E-state index is 0.582. The number of nitrogens with one attached hydrogen (secondary N) is 1. The maximum absolute atomic E-state index is 4.73. The van der Waals surface area contributed by atoms with E-state index in [1.54, 1.807) is 0 Å². The fourth-order valence-corrected chi connectivity index (χ4v) is 3.27. The minimum Gasteiger partial charge on any atom is -0.362 e. The lowest BCUT2D eigenvalue weighted by molar-refractivity contribution is 0.442. The van der Waals surface area contributed by atoms with Gasteiger partial charge in [0, 0.05) is 11.8 Å². The fourth-order valence-electron chi connectivity index (χ4n) is 2.32. The lowest BCUT2D eigenvalue weighted by atomic mass is 10.0. The van der Waals surface area contributed by atoms with Crippen LogP contribution in [-0.2, 0) is 6.54 Å². The van der Waals surface area contributed by atoms with Gasteiger partial charge in [0.2, 0.25) is 0 Å². The van der Waals surface area contributed by atoms with Crippen LogP contribution >= 0.6 is 11.8 Å². The number of amidine groups is 1. The molecule has 1 aromatic carbocycles. The molecule has 1 heterocycles. The third-order valence-electron chi connectivity index (χ3n) is 3.83. The van der Waals surface area contributed by atoms with Crippen molar-refractivity contribution in [2.24, 2.45) is 10.9 Å². The molecule has 1 atom stereocenters. The van der Waals surface area contributed by atoms with Crippen LogP contribution in [0.2, 0.25) is 0 Å². The average molecular weight is 290 g/mol. The molecule has 3 heteroatoms. The Balaban J connectivity index is 1.94. The number of hydrogen-bond donors (Lipinski definition) is 1. The number of rotatable bonds is 4. The van der Waals surface area contributed by atoms with Gasteiger partial charge in [-0.05, 0) is 29.4 Å². The summed E-state index contributed by atoms with van der Waals surface area (Å²) < 4.78 is 0. The van der Waals surface area contributed by atoms with E-state index in [9.17, 15) is 0 Å². The summed E-state index contributed by atoms with van der Waals surface area (Å²) in [5.41, 5.74) is 2.68. The topological polar surface area (TPSA) is 24.4 Å². The van der Waals surface area contributed by atoms with Crippen molar-refractivity contribution in [2.75, 3.05) is 5.75 Å². The van der Waals surface area contributed by atoms with Gasteiger partial charge in [-0.25, -0.2) is 0 Å². The SMILES string of the molecule is CC(C)c1ccc(CN=C2NC(C(C)C)CCS2)cc1. The molecule has 0 aliphatic carbocycles. The van der Waals surface area contributed by atoms with Crippen molar-refractivity contribution in [1.29, 1.82) is 0 Å². The van der Waals surface area contributed by atoms with E-state index in [1.165, 1.54) is 23.3 Å². The highest BCUT2D eigenvalue weighted by Gasteiger charge is 2.19. The van der Waals surface area contributed by atoms with E-state index >= 15 is 0 Å². The zero-order valence-electron chi connectivity index (χ0n) is 13.0. The summed E-state index contributed by atoms with van der Waals surface area (Å²) in [6.07, 6.45) is 1.24. The number of aliphatic imine (C=N–C) groups is 1. The molecule has 1 aliphatic rings. The highest BCUT2D eigenvalue weighted by atomic mass is 32.2. The van der Waals surface area contributed by atoms with Crippen LogP contribution in [0.1, 0.15) is 51.2 Å². The van der Waals surface area contributed by atoms with Gasteiger partial charge in [-0.1, -0.05) is 63.7 Å². The zero-order chi connectivity index (χ0) is 14.5. The lowest BCUT2D eigenvalue weighted by Crippen LogP contribution is -2.41. The molecular formula is C17H26N2S. The molecule has 1 N–H and O–H groups in total. The van der Waals surface area contributed by atoms with Crippen molar-refractivity contribution in [3.63, 3.8) is 0 Å². The van der Waals surface area contributed by atoms with Gasteiger partial charge in [0.15, 0.2) is 5.17 Å². The van der Waals surface area contributed by atoms with Crippen LogP contribution < -0.4 is 5.32 Å². The molecule has 1 aromatic rings. The first kappa shape index (κ1) is 15.4. The van der Waals surface area contributed by atoms with Crippen molar-refractivity contribution >= 4 is 16.9 Å². The Morgan fingerprint density at radius 1 is 1.20 bits per heavy atom. The van der Waals surface area contributed by atoms with Crippen molar-refractivity contribution < 1.29 is 0 Å². The number of nitrogens with zero attached hydrogens (tertiary/aromatic N) is 1. The third kappa shape index (κ3) is 4.27. The van der Waals surface area contributed by atoms with Crippen molar-refractivity contribution in [3.05, 3.63) is 35.4 Å². The van der Waals surface area contributed by atoms with Crippen LogP contribution in [0.3, 0.4) is 0 Å². The van der Waals surface area contributed by atoms with Crippen LogP contribution in [-0.4, -0.2) is 17.0 Å². The van der Waals surface area contributed by atoms with E-state index in [2.05, 4.69) is 57.3 Å². The Kier molecular flexibility index (Phi) is 5.53. The predicted octanol–water partition coefficient (Wildman–Crippen LogP) is 4.42. The number of hydrogen-bond acceptors (Lipinski definition) is 2. The van der Waals surface area contributed by atoms with Crippen LogP contribution in [0.25, 0.3) is 0 Å². The van der Waals surface area contributed by atoms with E-state index in [0.717, 1.165) is 11.7 Å². The Labute approximate surface area is 127 Å². The lowest BCUT2D eigenvalue weighted by Gasteiger charge is -2.28. The Bertz CT molecular complexity index is 449. The zero-order valence-corrected chi connectivity index (χ0v) is 13.8. The quantitative estimate of drug-likeness (QED) is 0.888. The first-order valence-electron chi connectivity index (χ1n) is 7.59.